The van der Waals surface area contributed by atoms with Crippen LogP contribution in [0.4, 0.5) is 0 Å². The molecule has 2 aromatic rings. The minimum atomic E-state index is 0.328. The predicted octanol–water partition coefficient (Wildman–Crippen LogP) is 1.69. The zero-order chi connectivity index (χ0) is 13.8. The molecule has 0 aromatic heterocycles. The van der Waals surface area contributed by atoms with Crippen LogP contribution in [0.5, 0.6) is 17.2 Å². The van der Waals surface area contributed by atoms with Gasteiger partial charge in [0.1, 0.15) is 18.8 Å². The Bertz CT molecular complexity index is 581. The predicted molar refractivity (Wildman–Crippen MR) is 74.9 cm³/mol. The first-order valence-electron chi connectivity index (χ1n) is 6.68. The molecule has 0 radical (unpaired) electrons. The van der Waals surface area contributed by atoms with Gasteiger partial charge in [0.15, 0.2) is 11.5 Å². The van der Waals surface area contributed by atoms with Gasteiger partial charge in [-0.15, -0.1) is 0 Å². The summed E-state index contributed by atoms with van der Waals surface area (Å²) in [7, 11) is 1.68. The molecule has 1 aliphatic heterocycles. The van der Waals surface area contributed by atoms with Gasteiger partial charge in [0.25, 0.3) is 0 Å². The molecule has 1 aliphatic rings. The van der Waals surface area contributed by atoms with E-state index in [4.69, 9.17) is 14.2 Å². The zero-order valence-corrected chi connectivity index (χ0v) is 11.5. The fourth-order valence-electron chi connectivity index (χ4n) is 2.24. The molecular formula is C16H18NO3+. The number of fused-ring (bicyclic) bond motifs is 1. The van der Waals surface area contributed by atoms with Crippen molar-refractivity contribution in [3.63, 3.8) is 0 Å². The van der Waals surface area contributed by atoms with Crippen LogP contribution in [0.15, 0.2) is 42.5 Å². The number of quaternary nitrogens is 1. The average molecular weight is 272 g/mol. The quantitative estimate of drug-likeness (QED) is 0.901. The lowest BCUT2D eigenvalue weighted by Crippen LogP contribution is -2.80. The first-order chi connectivity index (χ1) is 9.85. The van der Waals surface area contributed by atoms with E-state index in [1.165, 1.54) is 11.1 Å². The van der Waals surface area contributed by atoms with E-state index in [1.807, 2.05) is 24.3 Å². The molecule has 20 heavy (non-hydrogen) atoms. The van der Waals surface area contributed by atoms with Crippen LogP contribution in [0.1, 0.15) is 11.1 Å². The monoisotopic (exact) mass is 272 g/mol. The Kier molecular flexibility index (Phi) is 3.74. The SMILES string of the molecule is COc1ccc(C[NH2+]Cc2ccc3c(c2)OCO3)cc1. The Morgan fingerprint density at radius 1 is 0.950 bits per heavy atom. The van der Waals surface area contributed by atoms with Crippen molar-refractivity contribution >= 4 is 0 Å². The van der Waals surface area contributed by atoms with Crippen LogP contribution in [-0.4, -0.2) is 13.9 Å². The van der Waals surface area contributed by atoms with Gasteiger partial charge in [-0.1, -0.05) is 0 Å². The van der Waals surface area contributed by atoms with Crippen LogP contribution in [0.3, 0.4) is 0 Å². The van der Waals surface area contributed by atoms with E-state index >= 15 is 0 Å². The number of hydrogen-bond donors (Lipinski definition) is 1. The van der Waals surface area contributed by atoms with Gasteiger partial charge in [-0.3, -0.25) is 0 Å². The minimum absolute atomic E-state index is 0.328. The fourth-order valence-corrected chi connectivity index (χ4v) is 2.24. The van der Waals surface area contributed by atoms with Gasteiger partial charge in [-0.2, -0.15) is 0 Å². The Morgan fingerprint density at radius 3 is 2.45 bits per heavy atom. The van der Waals surface area contributed by atoms with Crippen molar-refractivity contribution in [3.05, 3.63) is 53.6 Å². The van der Waals surface area contributed by atoms with Gasteiger partial charge in [0.05, 0.1) is 7.11 Å². The van der Waals surface area contributed by atoms with Crippen LogP contribution < -0.4 is 19.5 Å². The van der Waals surface area contributed by atoms with Gasteiger partial charge in [-0.25, -0.2) is 0 Å². The van der Waals surface area contributed by atoms with Crippen LogP contribution in [0.25, 0.3) is 0 Å². The molecule has 0 fully saturated rings. The molecule has 0 amide bonds. The van der Waals surface area contributed by atoms with Crippen molar-refractivity contribution in [2.24, 2.45) is 0 Å². The van der Waals surface area contributed by atoms with Crippen LogP contribution in [-0.2, 0) is 13.1 Å². The normalized spacial score (nSPS) is 12.4. The van der Waals surface area contributed by atoms with Gasteiger partial charge in [0, 0.05) is 11.1 Å². The first-order valence-corrected chi connectivity index (χ1v) is 6.68. The van der Waals surface area contributed by atoms with Crippen LogP contribution >= 0.6 is 0 Å². The highest BCUT2D eigenvalue weighted by atomic mass is 16.7. The molecule has 0 saturated heterocycles. The summed E-state index contributed by atoms with van der Waals surface area (Å²) in [6.07, 6.45) is 0. The maximum Gasteiger partial charge on any atom is 0.231 e. The van der Waals surface area contributed by atoms with Gasteiger partial charge in [-0.05, 0) is 42.5 Å². The summed E-state index contributed by atoms with van der Waals surface area (Å²) in [4.78, 5) is 0. The molecule has 0 bridgehead atoms. The maximum absolute atomic E-state index is 5.38. The smallest absolute Gasteiger partial charge is 0.231 e. The van der Waals surface area contributed by atoms with Crippen molar-refractivity contribution in [2.45, 2.75) is 13.1 Å². The lowest BCUT2D eigenvalue weighted by Gasteiger charge is -2.04. The maximum atomic E-state index is 5.38. The van der Waals surface area contributed by atoms with Crippen molar-refractivity contribution in [1.82, 2.24) is 0 Å². The van der Waals surface area contributed by atoms with Crippen molar-refractivity contribution < 1.29 is 19.5 Å². The summed E-state index contributed by atoms with van der Waals surface area (Å²) in [5.41, 5.74) is 2.52. The number of methoxy groups -OCH3 is 1. The Balaban J connectivity index is 1.54. The van der Waals surface area contributed by atoms with Crippen LogP contribution in [0, 0.1) is 0 Å². The number of hydrogen-bond acceptors (Lipinski definition) is 3. The summed E-state index contributed by atoms with van der Waals surface area (Å²) in [5, 5.41) is 2.26. The second kappa shape index (κ2) is 5.84. The Labute approximate surface area is 118 Å². The molecule has 2 N–H and O–H groups in total. The van der Waals surface area contributed by atoms with Crippen molar-refractivity contribution in [3.8, 4) is 17.2 Å². The second-order valence-electron chi connectivity index (χ2n) is 4.73. The highest BCUT2D eigenvalue weighted by Crippen LogP contribution is 2.32. The fraction of sp³-hybridized carbons (Fsp3) is 0.250. The van der Waals surface area contributed by atoms with Crippen molar-refractivity contribution in [2.75, 3.05) is 13.9 Å². The van der Waals surface area contributed by atoms with Gasteiger partial charge in [0.2, 0.25) is 6.79 Å². The molecule has 0 unspecified atom stereocenters. The Morgan fingerprint density at radius 2 is 1.65 bits per heavy atom. The summed E-state index contributed by atoms with van der Waals surface area (Å²) in [6.45, 7) is 2.19. The third kappa shape index (κ3) is 2.86. The van der Waals surface area contributed by atoms with E-state index in [1.54, 1.807) is 7.11 Å². The summed E-state index contributed by atoms with van der Waals surface area (Å²) >= 11 is 0. The van der Waals surface area contributed by atoms with E-state index in [-0.39, 0.29) is 0 Å². The van der Waals surface area contributed by atoms with E-state index in [9.17, 15) is 0 Å². The molecule has 4 heteroatoms. The lowest BCUT2D eigenvalue weighted by molar-refractivity contribution is -0.686. The molecular weight excluding hydrogens is 254 g/mol. The molecule has 0 aliphatic carbocycles. The average Bonchev–Trinajstić information content (AvgIpc) is 2.95. The number of rotatable bonds is 5. The van der Waals surface area contributed by atoms with Crippen molar-refractivity contribution in [1.29, 1.82) is 0 Å². The molecule has 0 atom stereocenters. The lowest BCUT2D eigenvalue weighted by atomic mass is 10.2. The van der Waals surface area contributed by atoms with Crippen LogP contribution in [0.2, 0.25) is 0 Å². The summed E-state index contributed by atoms with van der Waals surface area (Å²) in [6, 6.07) is 14.3. The molecule has 0 saturated carbocycles. The zero-order valence-electron chi connectivity index (χ0n) is 11.5. The minimum Gasteiger partial charge on any atom is -0.497 e. The highest BCUT2D eigenvalue weighted by Gasteiger charge is 2.13. The molecule has 3 rings (SSSR count). The molecule has 104 valence electrons. The standard InChI is InChI=1S/C16H17NO3/c1-18-14-5-2-12(3-6-14)9-17-10-13-4-7-15-16(8-13)20-11-19-15/h2-8,17H,9-11H2,1H3/p+1. The van der Waals surface area contributed by atoms with E-state index in [0.717, 1.165) is 30.3 Å². The second-order valence-corrected chi connectivity index (χ2v) is 4.73. The highest BCUT2D eigenvalue weighted by molar-refractivity contribution is 5.44. The molecule has 0 spiro atoms. The van der Waals surface area contributed by atoms with Gasteiger partial charge < -0.3 is 19.5 Å². The Hall–Kier alpha value is -2.20. The largest absolute Gasteiger partial charge is 0.497 e. The van der Waals surface area contributed by atoms with E-state index in [2.05, 4.69) is 23.5 Å². The topological polar surface area (TPSA) is 44.3 Å². The summed E-state index contributed by atoms with van der Waals surface area (Å²) < 4.78 is 15.8. The third-order valence-electron chi connectivity index (χ3n) is 3.36. The summed E-state index contributed by atoms with van der Waals surface area (Å²) in [5.74, 6) is 2.58. The first kappa shape index (κ1) is 12.8. The molecule has 1 heterocycles. The molecule has 4 nitrogen and oxygen atoms in total. The van der Waals surface area contributed by atoms with Gasteiger partial charge >= 0.3 is 0 Å². The van der Waals surface area contributed by atoms with E-state index in [0.29, 0.717) is 6.79 Å². The number of ether oxygens (including phenoxy) is 3. The number of benzene rings is 2. The van der Waals surface area contributed by atoms with E-state index < -0.39 is 0 Å². The molecule has 2 aromatic carbocycles. The third-order valence-corrected chi connectivity index (χ3v) is 3.36. The number of nitrogens with two attached hydrogens (primary N) is 1.